The van der Waals surface area contributed by atoms with Gasteiger partial charge in [0.15, 0.2) is 0 Å². The molecule has 2 rings (SSSR count). The van der Waals surface area contributed by atoms with Crippen LogP contribution in [0.1, 0.15) is 55.3 Å². The number of carbonyl (C=O) groups is 1. The summed E-state index contributed by atoms with van der Waals surface area (Å²) >= 11 is 0. The van der Waals surface area contributed by atoms with Crippen LogP contribution in [0.3, 0.4) is 0 Å². The van der Waals surface area contributed by atoms with Crippen LogP contribution in [0.15, 0.2) is 18.2 Å². The summed E-state index contributed by atoms with van der Waals surface area (Å²) in [6.45, 7) is 6.37. The molecule has 1 aliphatic rings. The van der Waals surface area contributed by atoms with Crippen LogP contribution in [0, 0.1) is 12.3 Å². The van der Waals surface area contributed by atoms with Crippen LogP contribution in [0.5, 0.6) is 0 Å². The second-order valence-corrected chi connectivity index (χ2v) is 5.90. The Bertz CT molecular complexity index is 490. The molecule has 0 heterocycles. The molecule has 1 aliphatic carbocycles. The fourth-order valence-corrected chi connectivity index (χ4v) is 2.63. The quantitative estimate of drug-likeness (QED) is 0.847. The first-order valence-electron chi connectivity index (χ1n) is 6.87. The van der Waals surface area contributed by atoms with Gasteiger partial charge in [-0.3, -0.25) is 4.79 Å². The molecule has 3 heteroatoms. The molecule has 0 bridgehead atoms. The second kappa shape index (κ2) is 4.97. The van der Waals surface area contributed by atoms with Crippen LogP contribution < -0.4 is 5.73 Å². The highest BCUT2D eigenvalue weighted by Gasteiger charge is 2.56. The van der Waals surface area contributed by atoms with Crippen molar-refractivity contribution in [1.82, 2.24) is 0 Å². The van der Waals surface area contributed by atoms with E-state index in [1.54, 1.807) is 0 Å². The van der Waals surface area contributed by atoms with Crippen LogP contribution in [-0.4, -0.2) is 13.1 Å². The third-order valence-corrected chi connectivity index (χ3v) is 4.28. The minimum Gasteiger partial charge on any atom is -0.469 e. The molecular weight excluding hydrogens is 238 g/mol. The lowest BCUT2D eigenvalue weighted by Crippen LogP contribution is -2.31. The maximum Gasteiger partial charge on any atom is 0.313 e. The Kier molecular flexibility index (Phi) is 3.68. The standard InChI is InChI=1S/C16H23NO2/c1-10(2)12-6-5-11(3)13(9-12)14(17)16(7-8-16)15(18)19-4/h5-6,9-10,14H,7-8,17H2,1-4H3. The third kappa shape index (κ3) is 2.39. The number of nitrogens with two attached hydrogens (primary N) is 1. The zero-order valence-corrected chi connectivity index (χ0v) is 12.2. The average Bonchev–Trinajstić information content (AvgIpc) is 3.18. The first-order valence-corrected chi connectivity index (χ1v) is 6.87. The molecule has 1 saturated carbocycles. The number of hydrogen-bond acceptors (Lipinski definition) is 3. The van der Waals surface area contributed by atoms with E-state index < -0.39 is 5.41 Å². The van der Waals surface area contributed by atoms with E-state index in [1.165, 1.54) is 12.7 Å². The predicted molar refractivity (Wildman–Crippen MR) is 75.9 cm³/mol. The highest BCUT2D eigenvalue weighted by atomic mass is 16.5. The monoisotopic (exact) mass is 261 g/mol. The summed E-state index contributed by atoms with van der Waals surface area (Å²) in [5.41, 5.74) is 9.37. The summed E-state index contributed by atoms with van der Waals surface area (Å²) in [7, 11) is 1.44. The molecule has 0 saturated heterocycles. The third-order valence-electron chi connectivity index (χ3n) is 4.28. The normalized spacial score (nSPS) is 18.2. The van der Waals surface area contributed by atoms with E-state index in [1.807, 2.05) is 6.92 Å². The van der Waals surface area contributed by atoms with Gasteiger partial charge in [0.25, 0.3) is 0 Å². The van der Waals surface area contributed by atoms with E-state index in [9.17, 15) is 4.79 Å². The lowest BCUT2D eigenvalue weighted by Gasteiger charge is -2.24. The van der Waals surface area contributed by atoms with Crippen molar-refractivity contribution >= 4 is 5.97 Å². The minimum absolute atomic E-state index is 0.172. The Morgan fingerprint density at radius 1 is 1.37 bits per heavy atom. The number of esters is 1. The molecule has 0 radical (unpaired) electrons. The van der Waals surface area contributed by atoms with Crippen LogP contribution in [0.2, 0.25) is 0 Å². The zero-order chi connectivity index (χ0) is 14.2. The SMILES string of the molecule is COC(=O)C1(C(N)c2cc(C(C)C)ccc2C)CC1. The van der Waals surface area contributed by atoms with Gasteiger partial charge < -0.3 is 10.5 Å². The van der Waals surface area contributed by atoms with E-state index in [0.29, 0.717) is 5.92 Å². The van der Waals surface area contributed by atoms with Gasteiger partial charge in [0, 0.05) is 6.04 Å². The maximum atomic E-state index is 11.9. The van der Waals surface area contributed by atoms with E-state index in [-0.39, 0.29) is 12.0 Å². The number of rotatable bonds is 4. The highest BCUT2D eigenvalue weighted by molar-refractivity contribution is 5.81. The molecule has 104 valence electrons. The zero-order valence-electron chi connectivity index (χ0n) is 12.2. The minimum atomic E-state index is -0.491. The number of benzene rings is 1. The van der Waals surface area contributed by atoms with Crippen molar-refractivity contribution in [3.8, 4) is 0 Å². The van der Waals surface area contributed by atoms with Gasteiger partial charge in [0.1, 0.15) is 0 Å². The molecular formula is C16H23NO2. The molecule has 0 spiro atoms. The lowest BCUT2D eigenvalue weighted by atomic mass is 9.86. The molecule has 1 aromatic carbocycles. The van der Waals surface area contributed by atoms with E-state index in [0.717, 1.165) is 24.0 Å². The van der Waals surface area contributed by atoms with Gasteiger partial charge in [-0.1, -0.05) is 32.0 Å². The topological polar surface area (TPSA) is 52.3 Å². The van der Waals surface area contributed by atoms with E-state index in [4.69, 9.17) is 10.5 Å². The Balaban J connectivity index is 2.36. The van der Waals surface area contributed by atoms with Crippen molar-refractivity contribution in [1.29, 1.82) is 0 Å². The summed E-state index contributed by atoms with van der Waals surface area (Å²) in [6.07, 6.45) is 1.65. The van der Waals surface area contributed by atoms with Gasteiger partial charge in [-0.05, 0) is 42.4 Å². The smallest absolute Gasteiger partial charge is 0.313 e. The van der Waals surface area contributed by atoms with Gasteiger partial charge >= 0.3 is 5.97 Å². The van der Waals surface area contributed by atoms with Gasteiger partial charge in [-0.15, -0.1) is 0 Å². The Morgan fingerprint density at radius 3 is 2.47 bits per heavy atom. The number of aryl methyl sites for hydroxylation is 1. The maximum absolute atomic E-state index is 11.9. The fourth-order valence-electron chi connectivity index (χ4n) is 2.63. The Labute approximate surface area is 115 Å². The molecule has 0 aliphatic heterocycles. The molecule has 1 fully saturated rings. The van der Waals surface area contributed by atoms with Crippen LogP contribution >= 0.6 is 0 Å². The molecule has 0 amide bonds. The summed E-state index contributed by atoms with van der Waals surface area (Å²) in [4.78, 5) is 11.9. The first kappa shape index (κ1) is 14.1. The summed E-state index contributed by atoms with van der Waals surface area (Å²) < 4.78 is 4.92. The summed E-state index contributed by atoms with van der Waals surface area (Å²) in [6, 6.07) is 6.11. The molecule has 1 unspecified atom stereocenters. The molecule has 3 nitrogen and oxygen atoms in total. The number of methoxy groups -OCH3 is 1. The Morgan fingerprint density at radius 2 is 2.00 bits per heavy atom. The molecule has 19 heavy (non-hydrogen) atoms. The van der Waals surface area contributed by atoms with Crippen LogP contribution in [-0.2, 0) is 9.53 Å². The van der Waals surface area contributed by atoms with Crippen LogP contribution in [0.25, 0.3) is 0 Å². The lowest BCUT2D eigenvalue weighted by molar-refractivity contribution is -0.148. The number of carbonyl (C=O) groups excluding carboxylic acids is 1. The van der Waals surface area contributed by atoms with Crippen molar-refractivity contribution < 1.29 is 9.53 Å². The fraction of sp³-hybridized carbons (Fsp3) is 0.562. The van der Waals surface area contributed by atoms with Gasteiger partial charge in [-0.2, -0.15) is 0 Å². The molecule has 1 atom stereocenters. The average molecular weight is 261 g/mol. The molecule has 0 aromatic heterocycles. The predicted octanol–water partition coefficient (Wildman–Crippen LogP) is 3.07. The van der Waals surface area contributed by atoms with Crippen LogP contribution in [0.4, 0.5) is 0 Å². The van der Waals surface area contributed by atoms with E-state index in [2.05, 4.69) is 32.0 Å². The van der Waals surface area contributed by atoms with E-state index >= 15 is 0 Å². The van der Waals surface area contributed by atoms with Gasteiger partial charge in [0.05, 0.1) is 12.5 Å². The van der Waals surface area contributed by atoms with Crippen molar-refractivity contribution in [2.75, 3.05) is 7.11 Å². The van der Waals surface area contributed by atoms with Crippen molar-refractivity contribution in [3.05, 3.63) is 34.9 Å². The van der Waals surface area contributed by atoms with Crippen molar-refractivity contribution in [2.45, 2.75) is 45.6 Å². The number of ether oxygens (including phenoxy) is 1. The van der Waals surface area contributed by atoms with Gasteiger partial charge in [-0.25, -0.2) is 0 Å². The highest BCUT2D eigenvalue weighted by Crippen LogP contribution is 2.55. The largest absolute Gasteiger partial charge is 0.469 e. The summed E-state index contributed by atoms with van der Waals surface area (Å²) in [5, 5.41) is 0. The van der Waals surface area contributed by atoms with Crippen molar-refractivity contribution in [3.63, 3.8) is 0 Å². The molecule has 2 N–H and O–H groups in total. The second-order valence-electron chi connectivity index (χ2n) is 5.90. The first-order chi connectivity index (χ1) is 8.92. The van der Waals surface area contributed by atoms with Gasteiger partial charge in [0.2, 0.25) is 0 Å². The molecule has 1 aromatic rings. The Hall–Kier alpha value is -1.35. The summed E-state index contributed by atoms with van der Waals surface area (Å²) in [5.74, 6) is 0.286. The van der Waals surface area contributed by atoms with Crippen molar-refractivity contribution in [2.24, 2.45) is 11.1 Å². The number of hydrogen-bond donors (Lipinski definition) is 1.